The molecule has 3 amide bonds. The number of carbonyl (C=O) groups is 3. The third kappa shape index (κ3) is 6.39. The molecule has 3 aliphatic rings. The van der Waals surface area contributed by atoms with E-state index in [0.29, 0.717) is 23.8 Å². The molecule has 2 N–H and O–H groups in total. The Balaban J connectivity index is 1.27. The van der Waals surface area contributed by atoms with Crippen molar-refractivity contribution in [1.29, 1.82) is 0 Å². The SMILES string of the molecule is CCC(CNC(=O)c1cccc(NC(=O)CC2SC(N3CCCCC3)=NC2=O)c1)N1CCCC1. The van der Waals surface area contributed by atoms with Gasteiger partial charge in [0.1, 0.15) is 5.25 Å². The van der Waals surface area contributed by atoms with Gasteiger partial charge < -0.3 is 15.5 Å². The summed E-state index contributed by atoms with van der Waals surface area (Å²) in [5, 5.41) is 6.15. The molecule has 0 aromatic heterocycles. The number of hydrogen-bond donors (Lipinski definition) is 2. The number of nitrogens with zero attached hydrogens (tertiary/aromatic N) is 3. The number of nitrogens with one attached hydrogen (secondary N) is 2. The van der Waals surface area contributed by atoms with E-state index < -0.39 is 5.25 Å². The lowest BCUT2D eigenvalue weighted by atomic mass is 10.1. The molecule has 9 heteroatoms. The van der Waals surface area contributed by atoms with Gasteiger partial charge in [0.15, 0.2) is 5.17 Å². The highest BCUT2D eigenvalue weighted by molar-refractivity contribution is 8.15. The van der Waals surface area contributed by atoms with Gasteiger partial charge in [-0.15, -0.1) is 0 Å². The van der Waals surface area contributed by atoms with E-state index in [4.69, 9.17) is 0 Å². The van der Waals surface area contributed by atoms with E-state index in [0.717, 1.165) is 50.6 Å². The second-order valence-electron chi connectivity index (χ2n) is 9.24. The van der Waals surface area contributed by atoms with Crippen molar-refractivity contribution in [3.05, 3.63) is 29.8 Å². The van der Waals surface area contributed by atoms with Crippen LogP contribution in [-0.4, -0.2) is 76.7 Å². The number of piperidine rings is 1. The number of benzene rings is 1. The first-order chi connectivity index (χ1) is 16.5. The number of aliphatic imine (C=N–C) groups is 1. The molecule has 2 saturated heterocycles. The molecule has 0 spiro atoms. The molecule has 2 unspecified atom stereocenters. The van der Waals surface area contributed by atoms with Crippen LogP contribution >= 0.6 is 11.8 Å². The number of carbonyl (C=O) groups excluding carboxylic acids is 3. The average molecular weight is 486 g/mol. The van der Waals surface area contributed by atoms with Crippen molar-refractivity contribution in [2.24, 2.45) is 4.99 Å². The summed E-state index contributed by atoms with van der Waals surface area (Å²) in [5.74, 6) is -0.634. The van der Waals surface area contributed by atoms with Crippen molar-refractivity contribution >= 4 is 40.3 Å². The summed E-state index contributed by atoms with van der Waals surface area (Å²) in [6.45, 7) is 6.81. The summed E-state index contributed by atoms with van der Waals surface area (Å²) < 4.78 is 0. The minimum Gasteiger partial charge on any atom is -0.351 e. The van der Waals surface area contributed by atoms with Crippen LogP contribution in [0.2, 0.25) is 0 Å². The molecule has 0 radical (unpaired) electrons. The first-order valence-corrected chi connectivity index (χ1v) is 13.4. The van der Waals surface area contributed by atoms with E-state index in [9.17, 15) is 14.4 Å². The molecule has 3 aliphatic heterocycles. The van der Waals surface area contributed by atoms with E-state index in [-0.39, 0.29) is 24.1 Å². The minimum absolute atomic E-state index is 0.0643. The first-order valence-electron chi connectivity index (χ1n) is 12.5. The lowest BCUT2D eigenvalue weighted by molar-refractivity contribution is -0.121. The number of amides is 3. The van der Waals surface area contributed by atoms with Crippen molar-refractivity contribution in [2.45, 2.75) is 63.2 Å². The predicted octanol–water partition coefficient (Wildman–Crippen LogP) is 3.10. The maximum atomic E-state index is 12.7. The highest BCUT2D eigenvalue weighted by Gasteiger charge is 2.33. The van der Waals surface area contributed by atoms with Crippen molar-refractivity contribution in [2.75, 3.05) is 38.0 Å². The van der Waals surface area contributed by atoms with Gasteiger partial charge in [-0.1, -0.05) is 24.8 Å². The maximum absolute atomic E-state index is 12.7. The zero-order valence-corrected chi connectivity index (χ0v) is 20.7. The Morgan fingerprint density at radius 3 is 2.59 bits per heavy atom. The molecule has 0 saturated carbocycles. The van der Waals surface area contributed by atoms with Gasteiger partial charge in [-0.05, 0) is 69.8 Å². The van der Waals surface area contributed by atoms with Gasteiger partial charge in [-0.25, -0.2) is 0 Å². The summed E-state index contributed by atoms with van der Waals surface area (Å²) in [6.07, 6.45) is 6.95. The van der Waals surface area contributed by atoms with Gasteiger partial charge in [-0.3, -0.25) is 19.3 Å². The minimum atomic E-state index is -0.486. The molecule has 1 aromatic carbocycles. The van der Waals surface area contributed by atoms with E-state index in [1.165, 1.54) is 31.0 Å². The Labute approximate surface area is 205 Å². The van der Waals surface area contributed by atoms with E-state index in [1.807, 2.05) is 0 Å². The third-order valence-electron chi connectivity index (χ3n) is 6.76. The Bertz CT molecular complexity index is 925. The van der Waals surface area contributed by atoms with Gasteiger partial charge >= 0.3 is 0 Å². The van der Waals surface area contributed by atoms with E-state index in [2.05, 4.69) is 32.3 Å². The van der Waals surface area contributed by atoms with Crippen LogP contribution in [0.25, 0.3) is 0 Å². The Morgan fingerprint density at radius 1 is 1.12 bits per heavy atom. The summed E-state index contributed by atoms with van der Waals surface area (Å²) in [7, 11) is 0. The standard InChI is InChI=1S/C25H35N5O3S/c1-2-20(29-11-6-7-12-29)17-26-23(32)18-9-8-10-19(15-18)27-22(31)16-21-24(33)28-25(34-21)30-13-4-3-5-14-30/h8-10,15,20-21H,2-7,11-14,16-17H2,1H3,(H,26,32)(H,27,31). The second-order valence-corrected chi connectivity index (χ2v) is 10.4. The molecule has 2 atom stereocenters. The smallest absolute Gasteiger partial charge is 0.262 e. The predicted molar refractivity (Wildman–Crippen MR) is 136 cm³/mol. The highest BCUT2D eigenvalue weighted by atomic mass is 32.2. The van der Waals surface area contributed by atoms with Crippen LogP contribution in [0.4, 0.5) is 5.69 Å². The quantitative estimate of drug-likeness (QED) is 0.588. The largest absolute Gasteiger partial charge is 0.351 e. The normalized spacial score (nSPS) is 21.9. The van der Waals surface area contributed by atoms with Crippen molar-refractivity contribution in [3.8, 4) is 0 Å². The molecule has 184 valence electrons. The number of thioether (sulfide) groups is 1. The van der Waals surface area contributed by atoms with Gasteiger partial charge in [0, 0.05) is 43.3 Å². The maximum Gasteiger partial charge on any atom is 0.262 e. The van der Waals surface area contributed by atoms with Crippen molar-refractivity contribution in [1.82, 2.24) is 15.1 Å². The molecule has 0 aliphatic carbocycles. The fourth-order valence-corrected chi connectivity index (χ4v) is 5.92. The molecule has 3 heterocycles. The molecule has 1 aromatic rings. The number of amidine groups is 1. The average Bonchev–Trinajstić information content (AvgIpc) is 3.51. The Morgan fingerprint density at radius 2 is 1.85 bits per heavy atom. The van der Waals surface area contributed by atoms with Crippen LogP contribution in [0.1, 0.15) is 62.2 Å². The summed E-state index contributed by atoms with van der Waals surface area (Å²) >= 11 is 1.39. The van der Waals surface area contributed by atoms with E-state index in [1.54, 1.807) is 24.3 Å². The molecule has 34 heavy (non-hydrogen) atoms. The zero-order chi connectivity index (χ0) is 23.9. The summed E-state index contributed by atoms with van der Waals surface area (Å²) in [4.78, 5) is 46.5. The van der Waals surface area contributed by atoms with E-state index >= 15 is 0 Å². The fourth-order valence-electron chi connectivity index (χ4n) is 4.80. The molecular weight excluding hydrogens is 450 g/mol. The van der Waals surface area contributed by atoms with Gasteiger partial charge in [-0.2, -0.15) is 4.99 Å². The van der Waals surface area contributed by atoms with Crippen LogP contribution < -0.4 is 10.6 Å². The topological polar surface area (TPSA) is 94.1 Å². The molecule has 0 bridgehead atoms. The van der Waals surface area contributed by atoms with Crippen molar-refractivity contribution in [3.63, 3.8) is 0 Å². The fraction of sp³-hybridized carbons (Fsp3) is 0.600. The number of rotatable bonds is 8. The molecule has 2 fully saturated rings. The number of hydrogen-bond acceptors (Lipinski definition) is 6. The Kier molecular flexibility index (Phi) is 8.61. The van der Waals surface area contributed by atoms with Gasteiger partial charge in [0.2, 0.25) is 5.91 Å². The van der Waals surface area contributed by atoms with Crippen LogP contribution in [0.3, 0.4) is 0 Å². The van der Waals surface area contributed by atoms with Crippen LogP contribution in [0.5, 0.6) is 0 Å². The highest BCUT2D eigenvalue weighted by Crippen LogP contribution is 2.29. The Hall–Kier alpha value is -2.39. The second kappa shape index (κ2) is 11.8. The summed E-state index contributed by atoms with van der Waals surface area (Å²) in [5.41, 5.74) is 1.06. The van der Waals surface area contributed by atoms with Gasteiger partial charge in [0.25, 0.3) is 11.8 Å². The molecular formula is C25H35N5O3S. The van der Waals surface area contributed by atoms with Crippen LogP contribution in [0.15, 0.2) is 29.3 Å². The number of likely N-dealkylation sites (tertiary alicyclic amines) is 2. The monoisotopic (exact) mass is 485 g/mol. The lowest BCUT2D eigenvalue weighted by Gasteiger charge is -2.27. The number of anilines is 1. The van der Waals surface area contributed by atoms with Crippen LogP contribution in [0, 0.1) is 0 Å². The van der Waals surface area contributed by atoms with Crippen LogP contribution in [-0.2, 0) is 9.59 Å². The summed E-state index contributed by atoms with van der Waals surface area (Å²) in [6, 6.07) is 7.30. The lowest BCUT2D eigenvalue weighted by Crippen LogP contribution is -2.42. The first kappa shape index (κ1) is 24.7. The third-order valence-corrected chi connectivity index (χ3v) is 7.97. The molecule has 8 nitrogen and oxygen atoms in total. The van der Waals surface area contributed by atoms with Crippen molar-refractivity contribution < 1.29 is 14.4 Å². The molecule has 4 rings (SSSR count). The van der Waals surface area contributed by atoms with Gasteiger partial charge in [0.05, 0.1) is 0 Å². The zero-order valence-electron chi connectivity index (χ0n) is 19.9.